The summed E-state index contributed by atoms with van der Waals surface area (Å²) in [7, 11) is 0. The Bertz CT molecular complexity index is 884. The van der Waals surface area contributed by atoms with Crippen LogP contribution in [0.15, 0.2) is 47.4 Å². The van der Waals surface area contributed by atoms with Crippen LogP contribution in [0.2, 0.25) is 0 Å². The van der Waals surface area contributed by atoms with Gasteiger partial charge in [0.05, 0.1) is 21.6 Å². The molecule has 0 N–H and O–H groups in total. The van der Waals surface area contributed by atoms with Crippen molar-refractivity contribution in [2.75, 3.05) is 6.61 Å². The predicted octanol–water partition coefficient (Wildman–Crippen LogP) is 5.53. The zero-order valence-corrected chi connectivity index (χ0v) is 19.0. The first-order valence-electron chi connectivity index (χ1n) is 7.90. The van der Waals surface area contributed by atoms with Gasteiger partial charge in [-0.15, -0.1) is 0 Å². The summed E-state index contributed by atoms with van der Waals surface area (Å²) in [5.41, 5.74) is 1.74. The fourth-order valence-corrected chi connectivity index (χ4v) is 5.40. The quantitative estimate of drug-likeness (QED) is 0.339. The standard InChI is InChI=1S/C19H15I2NO3S/c1-2-25-17-13(8-14(20)10-15(17)21)9-16-18(23)22(19(24)26-16)11-12-6-4-3-5-7-12/h3-10H,2,11H2,1H3/b16-9+. The van der Waals surface area contributed by atoms with Gasteiger partial charge in [0.25, 0.3) is 11.1 Å². The van der Waals surface area contributed by atoms with Crippen LogP contribution >= 0.6 is 56.9 Å². The number of benzene rings is 2. The van der Waals surface area contributed by atoms with Crippen molar-refractivity contribution in [1.82, 2.24) is 4.90 Å². The molecule has 1 aliphatic heterocycles. The summed E-state index contributed by atoms with van der Waals surface area (Å²) in [5, 5.41) is -0.247. The Morgan fingerprint density at radius 1 is 1.15 bits per heavy atom. The molecule has 1 aliphatic rings. The average molecular weight is 591 g/mol. The lowest BCUT2D eigenvalue weighted by molar-refractivity contribution is -0.123. The van der Waals surface area contributed by atoms with E-state index in [1.807, 2.05) is 49.4 Å². The van der Waals surface area contributed by atoms with Gasteiger partial charge in [-0.25, -0.2) is 0 Å². The summed E-state index contributed by atoms with van der Waals surface area (Å²) in [5.74, 6) is 0.476. The summed E-state index contributed by atoms with van der Waals surface area (Å²) >= 11 is 5.43. The third-order valence-electron chi connectivity index (χ3n) is 3.67. The Morgan fingerprint density at radius 2 is 1.88 bits per heavy atom. The summed E-state index contributed by atoms with van der Waals surface area (Å²) in [4.78, 5) is 26.8. The largest absolute Gasteiger partial charge is 0.492 e. The Labute approximate surface area is 183 Å². The van der Waals surface area contributed by atoms with Crippen LogP contribution in [0.1, 0.15) is 18.1 Å². The zero-order chi connectivity index (χ0) is 18.7. The van der Waals surface area contributed by atoms with E-state index in [-0.39, 0.29) is 17.7 Å². The first kappa shape index (κ1) is 19.7. The number of nitrogens with zero attached hydrogens (tertiary/aromatic N) is 1. The van der Waals surface area contributed by atoms with E-state index in [4.69, 9.17) is 4.74 Å². The van der Waals surface area contributed by atoms with Crippen molar-refractivity contribution in [1.29, 1.82) is 0 Å². The molecule has 3 rings (SSSR count). The van der Waals surface area contributed by atoms with E-state index in [0.29, 0.717) is 11.5 Å². The molecule has 2 aromatic carbocycles. The molecule has 134 valence electrons. The molecule has 4 nitrogen and oxygen atoms in total. The Hall–Kier alpha value is -1.07. The number of carbonyl (C=O) groups excluding carboxylic acids is 2. The molecule has 0 aliphatic carbocycles. The maximum atomic E-state index is 12.7. The number of halogens is 2. The number of imide groups is 1. The minimum Gasteiger partial charge on any atom is -0.492 e. The van der Waals surface area contributed by atoms with Crippen molar-refractivity contribution in [3.63, 3.8) is 0 Å². The topological polar surface area (TPSA) is 46.6 Å². The molecule has 2 amide bonds. The van der Waals surface area contributed by atoms with E-state index < -0.39 is 0 Å². The number of amides is 2. The van der Waals surface area contributed by atoms with E-state index in [1.165, 1.54) is 4.90 Å². The summed E-state index contributed by atoms with van der Waals surface area (Å²) in [6, 6.07) is 13.5. The van der Waals surface area contributed by atoms with Gasteiger partial charge in [-0.3, -0.25) is 14.5 Å². The highest BCUT2D eigenvalue weighted by Crippen LogP contribution is 2.36. The average Bonchev–Trinajstić information content (AvgIpc) is 2.86. The highest BCUT2D eigenvalue weighted by atomic mass is 127. The minimum atomic E-state index is -0.264. The highest BCUT2D eigenvalue weighted by Gasteiger charge is 2.35. The van der Waals surface area contributed by atoms with Crippen LogP contribution in [0.4, 0.5) is 4.79 Å². The monoisotopic (exact) mass is 591 g/mol. The van der Waals surface area contributed by atoms with Gasteiger partial charge in [0.15, 0.2) is 0 Å². The smallest absolute Gasteiger partial charge is 0.293 e. The van der Waals surface area contributed by atoms with Crippen LogP contribution in [0.5, 0.6) is 5.75 Å². The van der Waals surface area contributed by atoms with Crippen LogP contribution in [0.25, 0.3) is 6.08 Å². The van der Waals surface area contributed by atoms with Gasteiger partial charge in [0, 0.05) is 9.13 Å². The number of carbonyl (C=O) groups is 2. The van der Waals surface area contributed by atoms with E-state index in [9.17, 15) is 9.59 Å². The first-order valence-corrected chi connectivity index (χ1v) is 10.9. The lowest BCUT2D eigenvalue weighted by atomic mass is 10.1. The maximum absolute atomic E-state index is 12.7. The van der Waals surface area contributed by atoms with Crippen LogP contribution in [0.3, 0.4) is 0 Å². The van der Waals surface area contributed by atoms with E-state index >= 15 is 0 Å². The normalized spacial score (nSPS) is 15.8. The molecule has 0 aromatic heterocycles. The molecule has 2 aromatic rings. The maximum Gasteiger partial charge on any atom is 0.293 e. The molecule has 7 heteroatoms. The molecular formula is C19H15I2NO3S. The molecule has 1 heterocycles. The molecule has 0 saturated carbocycles. The summed E-state index contributed by atoms with van der Waals surface area (Å²) in [6.45, 7) is 2.74. The third-order valence-corrected chi connectivity index (χ3v) is 6.00. The van der Waals surface area contributed by atoms with Gasteiger partial charge < -0.3 is 4.74 Å². The van der Waals surface area contributed by atoms with Crippen molar-refractivity contribution in [3.05, 3.63) is 65.6 Å². The van der Waals surface area contributed by atoms with Gasteiger partial charge >= 0.3 is 0 Å². The third kappa shape index (κ3) is 4.42. The summed E-state index contributed by atoms with van der Waals surface area (Å²) in [6.07, 6.45) is 1.76. The van der Waals surface area contributed by atoms with Crippen molar-refractivity contribution in [2.24, 2.45) is 0 Å². The molecular weight excluding hydrogens is 576 g/mol. The van der Waals surface area contributed by atoms with Crippen LogP contribution in [0, 0.1) is 7.14 Å². The number of thioether (sulfide) groups is 1. The lowest BCUT2D eigenvalue weighted by Gasteiger charge is -2.12. The summed E-state index contributed by atoms with van der Waals surface area (Å²) < 4.78 is 7.77. The second-order valence-electron chi connectivity index (χ2n) is 5.49. The molecule has 0 bridgehead atoms. The first-order chi connectivity index (χ1) is 12.5. The molecule has 1 saturated heterocycles. The van der Waals surface area contributed by atoms with Crippen LogP contribution < -0.4 is 4.74 Å². The Balaban J connectivity index is 1.91. The van der Waals surface area contributed by atoms with Crippen molar-refractivity contribution in [3.8, 4) is 5.75 Å². The predicted molar refractivity (Wildman–Crippen MR) is 121 cm³/mol. The van der Waals surface area contributed by atoms with Crippen LogP contribution in [-0.4, -0.2) is 22.7 Å². The fourth-order valence-electron chi connectivity index (χ4n) is 2.53. The van der Waals surface area contributed by atoms with Crippen LogP contribution in [-0.2, 0) is 11.3 Å². The van der Waals surface area contributed by atoms with Gasteiger partial charge in [0.2, 0.25) is 0 Å². The van der Waals surface area contributed by atoms with E-state index in [1.54, 1.807) is 6.08 Å². The van der Waals surface area contributed by atoms with Gasteiger partial charge in [0.1, 0.15) is 5.75 Å². The lowest BCUT2D eigenvalue weighted by Crippen LogP contribution is -2.27. The van der Waals surface area contributed by atoms with Crippen molar-refractivity contribution in [2.45, 2.75) is 13.5 Å². The molecule has 0 radical (unpaired) electrons. The Morgan fingerprint density at radius 3 is 2.58 bits per heavy atom. The van der Waals surface area contributed by atoms with Crippen molar-refractivity contribution < 1.29 is 14.3 Å². The second-order valence-corrected chi connectivity index (χ2v) is 8.89. The SMILES string of the molecule is CCOc1c(I)cc(I)cc1/C=C1/SC(=O)N(Cc2ccccc2)C1=O. The van der Waals surface area contributed by atoms with Gasteiger partial charge in [-0.1, -0.05) is 30.3 Å². The van der Waals surface area contributed by atoms with E-state index in [0.717, 1.165) is 35.8 Å². The highest BCUT2D eigenvalue weighted by molar-refractivity contribution is 14.1. The number of ether oxygens (including phenoxy) is 1. The molecule has 26 heavy (non-hydrogen) atoms. The molecule has 0 spiro atoms. The van der Waals surface area contributed by atoms with Crippen molar-refractivity contribution >= 4 is 74.2 Å². The molecule has 0 unspecified atom stereocenters. The molecule has 1 fully saturated rings. The minimum absolute atomic E-state index is 0.247. The van der Waals surface area contributed by atoms with E-state index in [2.05, 4.69) is 45.2 Å². The second kappa shape index (κ2) is 8.75. The van der Waals surface area contributed by atoms with Gasteiger partial charge in [-0.05, 0) is 87.6 Å². The number of hydrogen-bond donors (Lipinski definition) is 0. The Kier molecular flexibility index (Phi) is 6.62. The van der Waals surface area contributed by atoms with Gasteiger partial charge in [-0.2, -0.15) is 0 Å². The number of rotatable bonds is 5. The number of hydrogen-bond acceptors (Lipinski definition) is 4. The molecule has 0 atom stereocenters. The zero-order valence-electron chi connectivity index (χ0n) is 13.9. The fraction of sp³-hybridized carbons (Fsp3) is 0.158.